The molecular weight excluding hydrogens is 378 g/mol. The average Bonchev–Trinajstić information content (AvgIpc) is 3.09. The molecule has 0 bridgehead atoms. The number of ether oxygens (including phenoxy) is 1. The van der Waals surface area contributed by atoms with Crippen LogP contribution in [0.4, 0.5) is 5.69 Å². The number of rotatable bonds is 7. The fraction of sp³-hybridized carbons (Fsp3) is 0.381. The molecule has 2 aromatic carbocycles. The SMILES string of the molecule is CNc1cc(OC)c(C(=O)N[C@@H]2C[C@H](CO)N(Cc3ccccc3)C2)cc1Cl. The Kier molecular flexibility index (Phi) is 6.78. The molecule has 2 aromatic rings. The van der Waals surface area contributed by atoms with Crippen LogP contribution in [0.2, 0.25) is 5.02 Å². The Morgan fingerprint density at radius 3 is 2.71 bits per heavy atom. The molecule has 2 atom stereocenters. The molecule has 7 heteroatoms. The molecule has 0 radical (unpaired) electrons. The number of nitrogens with one attached hydrogen (secondary N) is 2. The van der Waals surface area contributed by atoms with Gasteiger partial charge in [0.1, 0.15) is 5.75 Å². The van der Waals surface area contributed by atoms with Crippen molar-refractivity contribution >= 4 is 23.2 Å². The highest BCUT2D eigenvalue weighted by Crippen LogP contribution is 2.31. The van der Waals surface area contributed by atoms with Crippen LogP contribution in [0, 0.1) is 0 Å². The van der Waals surface area contributed by atoms with Gasteiger partial charge in [-0.1, -0.05) is 41.9 Å². The van der Waals surface area contributed by atoms with Crippen LogP contribution in [0.15, 0.2) is 42.5 Å². The third kappa shape index (κ3) is 4.58. The van der Waals surface area contributed by atoms with Gasteiger partial charge in [0.15, 0.2) is 0 Å². The number of amides is 1. The maximum Gasteiger partial charge on any atom is 0.255 e. The molecule has 0 aromatic heterocycles. The summed E-state index contributed by atoms with van der Waals surface area (Å²) in [5.41, 5.74) is 2.28. The molecule has 0 saturated carbocycles. The number of methoxy groups -OCH3 is 1. The van der Waals surface area contributed by atoms with Crippen LogP contribution in [-0.2, 0) is 6.54 Å². The molecule has 0 spiro atoms. The fourth-order valence-electron chi connectivity index (χ4n) is 3.64. The lowest BCUT2D eigenvalue weighted by Gasteiger charge is -2.22. The summed E-state index contributed by atoms with van der Waals surface area (Å²) in [5.74, 6) is 0.230. The van der Waals surface area contributed by atoms with E-state index in [0.29, 0.717) is 35.0 Å². The molecule has 150 valence electrons. The van der Waals surface area contributed by atoms with Crippen molar-refractivity contribution in [3.8, 4) is 5.75 Å². The van der Waals surface area contributed by atoms with E-state index in [1.165, 1.54) is 12.7 Å². The Balaban J connectivity index is 1.70. The van der Waals surface area contributed by atoms with Crippen LogP contribution in [0.25, 0.3) is 0 Å². The van der Waals surface area contributed by atoms with Crippen molar-refractivity contribution in [1.82, 2.24) is 10.2 Å². The first-order valence-electron chi connectivity index (χ1n) is 9.30. The zero-order valence-electron chi connectivity index (χ0n) is 16.1. The Bertz CT molecular complexity index is 816. The van der Waals surface area contributed by atoms with E-state index in [1.54, 1.807) is 19.2 Å². The van der Waals surface area contributed by atoms with Crippen LogP contribution in [0.3, 0.4) is 0 Å². The molecule has 1 aliphatic heterocycles. The molecule has 1 saturated heterocycles. The minimum Gasteiger partial charge on any atom is -0.496 e. The first-order chi connectivity index (χ1) is 13.5. The number of carbonyl (C=O) groups excluding carboxylic acids is 1. The zero-order chi connectivity index (χ0) is 20.1. The van der Waals surface area contributed by atoms with E-state index in [0.717, 1.165) is 6.54 Å². The van der Waals surface area contributed by atoms with Crippen molar-refractivity contribution in [2.45, 2.75) is 25.0 Å². The first-order valence-corrected chi connectivity index (χ1v) is 9.68. The first kappa shape index (κ1) is 20.5. The third-order valence-electron chi connectivity index (χ3n) is 5.11. The number of anilines is 1. The molecular formula is C21H26ClN3O3. The van der Waals surface area contributed by atoms with Gasteiger partial charge >= 0.3 is 0 Å². The summed E-state index contributed by atoms with van der Waals surface area (Å²) in [6.45, 7) is 1.48. The largest absolute Gasteiger partial charge is 0.496 e. The van der Waals surface area contributed by atoms with Crippen LogP contribution in [-0.4, -0.2) is 55.3 Å². The fourth-order valence-corrected chi connectivity index (χ4v) is 3.90. The lowest BCUT2D eigenvalue weighted by Crippen LogP contribution is -2.37. The number of benzene rings is 2. The van der Waals surface area contributed by atoms with Gasteiger partial charge in [-0.25, -0.2) is 0 Å². The van der Waals surface area contributed by atoms with E-state index in [-0.39, 0.29) is 24.6 Å². The summed E-state index contributed by atoms with van der Waals surface area (Å²) in [4.78, 5) is 15.0. The summed E-state index contributed by atoms with van der Waals surface area (Å²) in [5, 5.41) is 16.3. The van der Waals surface area contributed by atoms with Crippen molar-refractivity contribution in [2.24, 2.45) is 0 Å². The van der Waals surface area contributed by atoms with E-state index >= 15 is 0 Å². The van der Waals surface area contributed by atoms with Crippen molar-refractivity contribution < 1.29 is 14.6 Å². The van der Waals surface area contributed by atoms with Gasteiger partial charge in [-0.2, -0.15) is 0 Å². The number of likely N-dealkylation sites (tertiary alicyclic amines) is 1. The highest BCUT2D eigenvalue weighted by molar-refractivity contribution is 6.33. The van der Waals surface area contributed by atoms with Crippen molar-refractivity contribution in [1.29, 1.82) is 0 Å². The van der Waals surface area contributed by atoms with Gasteiger partial charge in [0.2, 0.25) is 0 Å². The highest BCUT2D eigenvalue weighted by Gasteiger charge is 2.33. The number of carbonyl (C=O) groups is 1. The number of aliphatic hydroxyl groups is 1. The van der Waals surface area contributed by atoms with Crippen LogP contribution >= 0.6 is 11.6 Å². The van der Waals surface area contributed by atoms with Crippen LogP contribution in [0.1, 0.15) is 22.3 Å². The monoisotopic (exact) mass is 403 g/mol. The van der Waals surface area contributed by atoms with E-state index in [4.69, 9.17) is 16.3 Å². The van der Waals surface area contributed by atoms with Crippen molar-refractivity contribution in [3.05, 3.63) is 58.6 Å². The average molecular weight is 404 g/mol. The van der Waals surface area contributed by atoms with E-state index in [2.05, 4.69) is 27.7 Å². The summed E-state index contributed by atoms with van der Waals surface area (Å²) < 4.78 is 5.36. The quantitative estimate of drug-likeness (QED) is 0.663. The van der Waals surface area contributed by atoms with E-state index in [1.807, 2.05) is 18.2 Å². The van der Waals surface area contributed by atoms with E-state index in [9.17, 15) is 9.90 Å². The molecule has 0 aliphatic carbocycles. The summed E-state index contributed by atoms with van der Waals surface area (Å²) in [6.07, 6.45) is 0.694. The number of halogens is 1. The second-order valence-electron chi connectivity index (χ2n) is 6.94. The Morgan fingerprint density at radius 1 is 1.32 bits per heavy atom. The van der Waals surface area contributed by atoms with Gasteiger partial charge < -0.3 is 20.5 Å². The van der Waals surface area contributed by atoms with Gasteiger partial charge in [0, 0.05) is 38.3 Å². The number of hydrogen-bond acceptors (Lipinski definition) is 5. The molecule has 3 N–H and O–H groups in total. The predicted octanol–water partition coefficient (Wildman–Crippen LogP) is 2.76. The van der Waals surface area contributed by atoms with Crippen LogP contribution < -0.4 is 15.4 Å². The zero-order valence-corrected chi connectivity index (χ0v) is 16.9. The molecule has 1 aliphatic rings. The predicted molar refractivity (Wildman–Crippen MR) is 111 cm³/mol. The number of aliphatic hydroxyl groups excluding tert-OH is 1. The summed E-state index contributed by atoms with van der Waals surface area (Å²) >= 11 is 6.24. The van der Waals surface area contributed by atoms with Gasteiger partial charge in [-0.15, -0.1) is 0 Å². The molecule has 28 heavy (non-hydrogen) atoms. The number of nitrogens with zero attached hydrogens (tertiary/aromatic N) is 1. The van der Waals surface area contributed by atoms with Crippen molar-refractivity contribution in [3.63, 3.8) is 0 Å². The molecule has 6 nitrogen and oxygen atoms in total. The smallest absolute Gasteiger partial charge is 0.255 e. The van der Waals surface area contributed by atoms with Gasteiger partial charge in [0.05, 0.1) is 30.0 Å². The summed E-state index contributed by atoms with van der Waals surface area (Å²) in [7, 11) is 3.29. The highest BCUT2D eigenvalue weighted by atomic mass is 35.5. The van der Waals surface area contributed by atoms with Gasteiger partial charge in [0.25, 0.3) is 5.91 Å². The lowest BCUT2D eigenvalue weighted by molar-refractivity contribution is 0.0934. The maximum atomic E-state index is 12.8. The topological polar surface area (TPSA) is 73.8 Å². The van der Waals surface area contributed by atoms with Gasteiger partial charge in [-0.3, -0.25) is 9.69 Å². The minimum atomic E-state index is -0.232. The Labute approximate surface area is 170 Å². The molecule has 1 fully saturated rings. The Hall–Kier alpha value is -2.28. The Morgan fingerprint density at radius 2 is 2.07 bits per heavy atom. The molecule has 3 rings (SSSR count). The van der Waals surface area contributed by atoms with Crippen LogP contribution in [0.5, 0.6) is 5.75 Å². The van der Waals surface area contributed by atoms with E-state index < -0.39 is 0 Å². The maximum absolute atomic E-state index is 12.8. The molecule has 1 amide bonds. The van der Waals surface area contributed by atoms with Crippen molar-refractivity contribution in [2.75, 3.05) is 32.6 Å². The normalized spacial score (nSPS) is 19.4. The van der Waals surface area contributed by atoms with Gasteiger partial charge in [-0.05, 0) is 18.1 Å². The molecule has 0 unspecified atom stereocenters. The third-order valence-corrected chi connectivity index (χ3v) is 5.42. The minimum absolute atomic E-state index is 0.0163. The second kappa shape index (κ2) is 9.28. The standard InChI is InChI=1S/C21H26ClN3O3/c1-23-19-10-20(28-2)17(9-18(19)22)21(27)24-15-8-16(13-26)25(12-15)11-14-6-4-3-5-7-14/h3-7,9-10,15-16,23,26H,8,11-13H2,1-2H3,(H,24,27)/t15-,16-/m1/s1. The lowest BCUT2D eigenvalue weighted by atomic mass is 10.1. The molecule has 1 heterocycles. The summed E-state index contributed by atoms with van der Waals surface area (Å²) in [6, 6.07) is 13.4. The second-order valence-corrected chi connectivity index (χ2v) is 7.35. The number of hydrogen-bond donors (Lipinski definition) is 3.